The third kappa shape index (κ3) is 6.06. The molecule has 0 aliphatic carbocycles. The molecule has 1 aromatic carbocycles. The maximum Gasteiger partial charge on any atom is 0.416 e. The Kier molecular flexibility index (Phi) is 7.24. The van der Waals surface area contributed by atoms with Gasteiger partial charge in [0.1, 0.15) is 0 Å². The van der Waals surface area contributed by atoms with Crippen LogP contribution in [-0.4, -0.2) is 27.6 Å². The lowest BCUT2D eigenvalue weighted by Crippen LogP contribution is -2.26. The first-order valence-corrected chi connectivity index (χ1v) is 11.4. The molecule has 3 aromatic rings. The Labute approximate surface area is 196 Å². The Hall–Kier alpha value is -2.58. The summed E-state index contributed by atoms with van der Waals surface area (Å²) in [6.45, 7) is 2.34. The van der Waals surface area contributed by atoms with Crippen molar-refractivity contribution in [3.8, 4) is 0 Å². The fourth-order valence-corrected chi connectivity index (χ4v) is 4.22. The van der Waals surface area contributed by atoms with E-state index in [0.29, 0.717) is 23.7 Å². The first kappa shape index (κ1) is 23.6. The molecule has 0 bridgehead atoms. The van der Waals surface area contributed by atoms with Crippen LogP contribution in [0.1, 0.15) is 40.9 Å². The van der Waals surface area contributed by atoms with Crippen LogP contribution in [0.3, 0.4) is 0 Å². The van der Waals surface area contributed by atoms with Gasteiger partial charge in [-0.05, 0) is 67.6 Å². The Balaban J connectivity index is 1.48. The van der Waals surface area contributed by atoms with Crippen LogP contribution in [-0.2, 0) is 39.2 Å². The fourth-order valence-electron chi connectivity index (χ4n) is 4.05. The zero-order chi connectivity index (χ0) is 23.4. The second-order valence-corrected chi connectivity index (χ2v) is 8.83. The number of hydrogen-bond donors (Lipinski definition) is 1. The van der Waals surface area contributed by atoms with Crippen LogP contribution in [0.4, 0.5) is 19.0 Å². The van der Waals surface area contributed by atoms with E-state index in [1.165, 1.54) is 11.6 Å². The minimum atomic E-state index is -4.41. The molecule has 0 saturated carbocycles. The van der Waals surface area contributed by atoms with Gasteiger partial charge in [0.15, 0.2) is 5.82 Å². The van der Waals surface area contributed by atoms with Gasteiger partial charge in [0, 0.05) is 44.1 Å². The van der Waals surface area contributed by atoms with Gasteiger partial charge in [0.05, 0.1) is 23.1 Å². The number of anilines is 1. The predicted molar refractivity (Wildman–Crippen MR) is 123 cm³/mol. The number of alkyl halides is 3. The summed E-state index contributed by atoms with van der Waals surface area (Å²) in [7, 11) is 2.00. The summed E-state index contributed by atoms with van der Waals surface area (Å²) in [5.41, 5.74) is 2.70. The van der Waals surface area contributed by atoms with E-state index in [-0.39, 0.29) is 6.54 Å². The van der Waals surface area contributed by atoms with E-state index in [4.69, 9.17) is 16.6 Å². The molecule has 2 aromatic heterocycles. The van der Waals surface area contributed by atoms with Gasteiger partial charge in [-0.25, -0.2) is 4.98 Å². The van der Waals surface area contributed by atoms with E-state index in [1.54, 1.807) is 6.20 Å². The monoisotopic (exact) mass is 477 g/mol. The molecule has 0 radical (unpaired) electrons. The van der Waals surface area contributed by atoms with Crippen molar-refractivity contribution in [2.24, 2.45) is 7.05 Å². The molecule has 0 amide bonds. The average molecular weight is 478 g/mol. The number of aryl methyl sites for hydroxylation is 2. The van der Waals surface area contributed by atoms with E-state index in [1.807, 2.05) is 22.7 Å². The van der Waals surface area contributed by atoms with Crippen molar-refractivity contribution in [1.82, 2.24) is 19.9 Å². The van der Waals surface area contributed by atoms with Crippen LogP contribution in [0.25, 0.3) is 0 Å². The molecule has 0 saturated heterocycles. The summed E-state index contributed by atoms with van der Waals surface area (Å²) in [4.78, 5) is 11.5. The molecule has 4 rings (SSSR count). The minimum Gasteiger partial charge on any atom is -0.357 e. The number of nitrogens with zero attached hydrogens (tertiary/aromatic N) is 4. The number of benzene rings is 1. The summed E-state index contributed by atoms with van der Waals surface area (Å²) in [5, 5.41) is 3.72. The van der Waals surface area contributed by atoms with E-state index in [0.717, 1.165) is 61.6 Å². The number of halogens is 4. The van der Waals surface area contributed by atoms with Gasteiger partial charge in [-0.1, -0.05) is 11.6 Å². The van der Waals surface area contributed by atoms with Crippen molar-refractivity contribution in [3.05, 3.63) is 76.0 Å². The second kappa shape index (κ2) is 10.1. The number of nitrogens with one attached hydrogen (secondary N) is 1. The smallest absolute Gasteiger partial charge is 0.357 e. The predicted octanol–water partition coefficient (Wildman–Crippen LogP) is 5.16. The minimum absolute atomic E-state index is 0.259. The van der Waals surface area contributed by atoms with Gasteiger partial charge in [-0.2, -0.15) is 13.2 Å². The fraction of sp³-hybridized carbons (Fsp3) is 0.417. The highest BCUT2D eigenvalue weighted by Crippen LogP contribution is 2.33. The molecule has 1 N–H and O–H groups in total. The lowest BCUT2D eigenvalue weighted by atomic mass is 10.1. The van der Waals surface area contributed by atoms with Crippen LogP contribution in [0.2, 0.25) is 5.02 Å². The number of rotatable bonds is 7. The maximum absolute atomic E-state index is 13.2. The first-order valence-electron chi connectivity index (χ1n) is 11.1. The Bertz CT molecular complexity index is 1100. The number of hydrogen-bond acceptors (Lipinski definition) is 4. The van der Waals surface area contributed by atoms with Gasteiger partial charge >= 0.3 is 6.18 Å². The van der Waals surface area contributed by atoms with E-state index in [2.05, 4.69) is 22.6 Å². The SMILES string of the molecule is Cn1ccc(CCNCc2cnc3c(n2)N(Cc2cc(C(F)(F)F)ccc2Cl)CCCC3)c1. The highest BCUT2D eigenvalue weighted by molar-refractivity contribution is 6.31. The van der Waals surface area contributed by atoms with Crippen LogP contribution < -0.4 is 10.2 Å². The van der Waals surface area contributed by atoms with Crippen molar-refractivity contribution in [3.63, 3.8) is 0 Å². The highest BCUT2D eigenvalue weighted by Gasteiger charge is 2.31. The van der Waals surface area contributed by atoms with Crippen molar-refractivity contribution < 1.29 is 13.2 Å². The van der Waals surface area contributed by atoms with Crippen molar-refractivity contribution in [2.75, 3.05) is 18.0 Å². The zero-order valence-corrected chi connectivity index (χ0v) is 19.3. The zero-order valence-electron chi connectivity index (χ0n) is 18.5. The first-order chi connectivity index (χ1) is 15.8. The van der Waals surface area contributed by atoms with Gasteiger partial charge < -0.3 is 14.8 Å². The molecule has 5 nitrogen and oxygen atoms in total. The van der Waals surface area contributed by atoms with Crippen LogP contribution in [0.5, 0.6) is 0 Å². The van der Waals surface area contributed by atoms with E-state index < -0.39 is 11.7 Å². The molecule has 33 heavy (non-hydrogen) atoms. The van der Waals surface area contributed by atoms with Crippen LogP contribution in [0.15, 0.2) is 42.9 Å². The van der Waals surface area contributed by atoms with Gasteiger partial charge in [0.2, 0.25) is 0 Å². The van der Waals surface area contributed by atoms with Crippen LogP contribution >= 0.6 is 11.6 Å². The maximum atomic E-state index is 13.2. The molecule has 1 aliphatic rings. The van der Waals surface area contributed by atoms with Gasteiger partial charge in [-0.15, -0.1) is 0 Å². The van der Waals surface area contributed by atoms with Gasteiger partial charge in [-0.3, -0.25) is 4.98 Å². The normalized spacial score (nSPS) is 14.3. The molecule has 0 atom stereocenters. The summed E-state index contributed by atoms with van der Waals surface area (Å²) in [6.07, 6.45) is 5.10. The molecule has 176 valence electrons. The molecular weight excluding hydrogens is 451 g/mol. The third-order valence-corrected chi connectivity index (χ3v) is 6.16. The standard InChI is InChI=1S/C24H27ClF3N5/c1-32-11-8-17(15-32)7-9-29-13-20-14-30-22-4-2-3-10-33(23(22)31-20)16-18-12-19(24(26,27)28)5-6-21(18)25/h5-6,8,11-12,14-15,29H,2-4,7,9-10,13,16H2,1H3. The van der Waals surface area contributed by atoms with E-state index >= 15 is 0 Å². The highest BCUT2D eigenvalue weighted by atomic mass is 35.5. The van der Waals surface area contributed by atoms with Crippen molar-refractivity contribution >= 4 is 17.4 Å². The molecule has 1 aliphatic heterocycles. The molecular formula is C24H27ClF3N5. The quantitative estimate of drug-likeness (QED) is 0.477. The summed E-state index contributed by atoms with van der Waals surface area (Å²) < 4.78 is 41.6. The van der Waals surface area contributed by atoms with E-state index in [9.17, 15) is 13.2 Å². The molecule has 3 heterocycles. The van der Waals surface area contributed by atoms with Gasteiger partial charge in [0.25, 0.3) is 0 Å². The summed E-state index contributed by atoms with van der Waals surface area (Å²) >= 11 is 6.26. The average Bonchev–Trinajstić information content (AvgIpc) is 3.08. The lowest BCUT2D eigenvalue weighted by Gasteiger charge is -2.25. The lowest BCUT2D eigenvalue weighted by molar-refractivity contribution is -0.137. The second-order valence-electron chi connectivity index (χ2n) is 8.43. The molecule has 0 unspecified atom stereocenters. The number of aromatic nitrogens is 3. The largest absolute Gasteiger partial charge is 0.416 e. The third-order valence-electron chi connectivity index (χ3n) is 5.79. The number of fused-ring (bicyclic) bond motifs is 1. The Morgan fingerprint density at radius 2 is 2.03 bits per heavy atom. The molecule has 9 heteroatoms. The Morgan fingerprint density at radius 3 is 2.79 bits per heavy atom. The van der Waals surface area contributed by atoms with Crippen molar-refractivity contribution in [1.29, 1.82) is 0 Å². The van der Waals surface area contributed by atoms with Crippen molar-refractivity contribution in [2.45, 2.75) is 44.9 Å². The molecule has 0 spiro atoms. The molecule has 0 fully saturated rings. The topological polar surface area (TPSA) is 46.0 Å². The van der Waals surface area contributed by atoms with Crippen LogP contribution in [0, 0.1) is 0 Å². The summed E-state index contributed by atoms with van der Waals surface area (Å²) in [5.74, 6) is 0.739. The summed E-state index contributed by atoms with van der Waals surface area (Å²) in [6, 6.07) is 5.56. The Morgan fingerprint density at radius 1 is 1.18 bits per heavy atom.